The zero-order chi connectivity index (χ0) is 17.7. The number of aliphatic hydroxyl groups is 1. The normalized spacial score (nSPS) is 12.1. The van der Waals surface area contributed by atoms with E-state index in [1.54, 1.807) is 18.3 Å². The van der Waals surface area contributed by atoms with Crippen LogP contribution >= 0.6 is 22.6 Å². The van der Waals surface area contributed by atoms with Gasteiger partial charge in [-0.2, -0.15) is 4.98 Å². The van der Waals surface area contributed by atoms with Gasteiger partial charge in [-0.05, 0) is 59.7 Å². The van der Waals surface area contributed by atoms with Crippen molar-refractivity contribution in [3.63, 3.8) is 0 Å². The number of rotatable bonds is 7. The molecule has 6 nitrogen and oxygen atoms in total. The number of hydrogen-bond acceptors (Lipinski definition) is 6. The number of benzene rings is 1. The Morgan fingerprint density at radius 3 is 2.50 bits per heavy atom. The number of carbonyl (C=O) groups excluding carboxylic acids is 1. The SMILES string of the molecule is CC(=O)c1ccc(Nc2ncc(I)c(NC(CO)C(C)C)n2)cc1. The minimum Gasteiger partial charge on any atom is -0.394 e. The van der Waals surface area contributed by atoms with Crippen LogP contribution in [0.5, 0.6) is 0 Å². The van der Waals surface area contributed by atoms with E-state index in [2.05, 4.69) is 43.2 Å². The van der Waals surface area contributed by atoms with Gasteiger partial charge in [-0.25, -0.2) is 4.98 Å². The lowest BCUT2D eigenvalue weighted by molar-refractivity contribution is 0.101. The molecule has 0 aliphatic heterocycles. The van der Waals surface area contributed by atoms with E-state index in [-0.39, 0.29) is 24.3 Å². The fraction of sp³-hybridized carbons (Fsp3) is 0.353. The third kappa shape index (κ3) is 4.88. The highest BCUT2D eigenvalue weighted by Crippen LogP contribution is 2.21. The smallest absolute Gasteiger partial charge is 0.229 e. The van der Waals surface area contributed by atoms with E-state index in [0.717, 1.165) is 9.26 Å². The van der Waals surface area contributed by atoms with Crippen LogP contribution in [0.3, 0.4) is 0 Å². The molecule has 1 unspecified atom stereocenters. The lowest BCUT2D eigenvalue weighted by Gasteiger charge is -2.21. The van der Waals surface area contributed by atoms with Gasteiger partial charge in [0.25, 0.3) is 0 Å². The lowest BCUT2D eigenvalue weighted by Crippen LogP contribution is -2.30. The third-order valence-corrected chi connectivity index (χ3v) is 4.40. The molecule has 2 rings (SSSR count). The summed E-state index contributed by atoms with van der Waals surface area (Å²) in [4.78, 5) is 20.1. The Labute approximate surface area is 155 Å². The van der Waals surface area contributed by atoms with Crippen molar-refractivity contribution in [2.45, 2.75) is 26.8 Å². The van der Waals surface area contributed by atoms with Gasteiger partial charge in [0.15, 0.2) is 5.78 Å². The molecule has 1 heterocycles. The number of Topliss-reactive ketones (excluding diaryl/α,β-unsaturated/α-hetero) is 1. The van der Waals surface area contributed by atoms with Crippen molar-refractivity contribution in [2.75, 3.05) is 17.2 Å². The van der Waals surface area contributed by atoms with Crippen molar-refractivity contribution < 1.29 is 9.90 Å². The van der Waals surface area contributed by atoms with Crippen molar-refractivity contribution in [1.82, 2.24) is 9.97 Å². The molecule has 2 aromatic rings. The predicted molar refractivity (Wildman–Crippen MR) is 104 cm³/mol. The van der Waals surface area contributed by atoms with E-state index in [1.807, 2.05) is 26.0 Å². The molecule has 24 heavy (non-hydrogen) atoms. The summed E-state index contributed by atoms with van der Waals surface area (Å²) in [5.41, 5.74) is 1.46. The summed E-state index contributed by atoms with van der Waals surface area (Å²) >= 11 is 2.16. The van der Waals surface area contributed by atoms with Gasteiger partial charge in [0.05, 0.1) is 16.2 Å². The molecule has 0 saturated heterocycles. The van der Waals surface area contributed by atoms with Crippen LogP contribution in [0.2, 0.25) is 0 Å². The van der Waals surface area contributed by atoms with Crippen LogP contribution in [0.15, 0.2) is 30.5 Å². The number of nitrogens with one attached hydrogen (secondary N) is 2. The first-order valence-electron chi connectivity index (χ1n) is 7.68. The van der Waals surface area contributed by atoms with Crippen LogP contribution in [-0.2, 0) is 0 Å². The van der Waals surface area contributed by atoms with Crippen molar-refractivity contribution in [1.29, 1.82) is 0 Å². The van der Waals surface area contributed by atoms with E-state index >= 15 is 0 Å². The van der Waals surface area contributed by atoms with E-state index in [0.29, 0.717) is 17.3 Å². The molecule has 7 heteroatoms. The van der Waals surface area contributed by atoms with Gasteiger partial charge in [0.2, 0.25) is 5.95 Å². The Morgan fingerprint density at radius 1 is 1.29 bits per heavy atom. The molecule has 0 fully saturated rings. The van der Waals surface area contributed by atoms with E-state index < -0.39 is 0 Å². The van der Waals surface area contributed by atoms with Gasteiger partial charge in [0, 0.05) is 17.4 Å². The zero-order valence-corrected chi connectivity index (χ0v) is 16.0. The molecule has 1 aromatic carbocycles. The van der Waals surface area contributed by atoms with Gasteiger partial charge >= 0.3 is 0 Å². The average molecular weight is 440 g/mol. The zero-order valence-electron chi connectivity index (χ0n) is 13.9. The summed E-state index contributed by atoms with van der Waals surface area (Å²) in [5, 5.41) is 15.8. The maximum Gasteiger partial charge on any atom is 0.229 e. The Morgan fingerprint density at radius 2 is 1.96 bits per heavy atom. The molecule has 0 radical (unpaired) electrons. The van der Waals surface area contributed by atoms with Crippen molar-refractivity contribution in [3.05, 3.63) is 39.6 Å². The number of aromatic nitrogens is 2. The molecule has 0 aliphatic carbocycles. The van der Waals surface area contributed by atoms with Crippen LogP contribution in [0.25, 0.3) is 0 Å². The van der Waals surface area contributed by atoms with E-state index in [1.165, 1.54) is 6.92 Å². The number of nitrogens with zero attached hydrogens (tertiary/aromatic N) is 2. The Balaban J connectivity index is 2.16. The molecule has 1 aromatic heterocycles. The van der Waals surface area contributed by atoms with Gasteiger partial charge in [-0.15, -0.1) is 0 Å². The second-order valence-electron chi connectivity index (χ2n) is 5.83. The average Bonchev–Trinajstić information content (AvgIpc) is 2.55. The predicted octanol–water partition coefficient (Wildman–Crippen LogP) is 3.46. The monoisotopic (exact) mass is 440 g/mol. The van der Waals surface area contributed by atoms with Gasteiger partial charge in [-0.3, -0.25) is 4.79 Å². The van der Waals surface area contributed by atoms with Crippen LogP contribution in [-0.4, -0.2) is 33.5 Å². The summed E-state index contributed by atoms with van der Waals surface area (Å²) in [7, 11) is 0. The summed E-state index contributed by atoms with van der Waals surface area (Å²) in [6.45, 7) is 5.65. The van der Waals surface area contributed by atoms with Gasteiger partial charge < -0.3 is 15.7 Å². The molecular weight excluding hydrogens is 419 g/mol. The molecule has 0 aliphatic rings. The highest BCUT2D eigenvalue weighted by atomic mass is 127. The third-order valence-electron chi connectivity index (χ3n) is 3.62. The molecule has 0 saturated carbocycles. The van der Waals surface area contributed by atoms with Crippen molar-refractivity contribution >= 4 is 45.8 Å². The number of aliphatic hydroxyl groups excluding tert-OH is 1. The molecule has 0 amide bonds. The fourth-order valence-corrected chi connectivity index (χ4v) is 2.46. The quantitative estimate of drug-likeness (QED) is 0.452. The van der Waals surface area contributed by atoms with Gasteiger partial charge in [-0.1, -0.05) is 13.8 Å². The number of ketones is 1. The standard InChI is InChI=1S/C17H21IN4O2/c1-10(2)15(9-23)21-16-14(18)8-19-17(22-16)20-13-6-4-12(5-7-13)11(3)24/h4-8,10,15,23H,9H2,1-3H3,(H2,19,20,21,22). The Hall–Kier alpha value is -1.74. The van der Waals surface area contributed by atoms with Crippen LogP contribution in [0, 0.1) is 9.49 Å². The first kappa shape index (κ1) is 18.6. The first-order chi connectivity index (χ1) is 11.4. The van der Waals surface area contributed by atoms with Crippen molar-refractivity contribution in [3.8, 4) is 0 Å². The number of hydrogen-bond donors (Lipinski definition) is 3. The molecule has 0 spiro atoms. The summed E-state index contributed by atoms with van der Waals surface area (Å²) < 4.78 is 0.879. The highest BCUT2D eigenvalue weighted by Gasteiger charge is 2.15. The second kappa shape index (κ2) is 8.39. The Kier molecular flexibility index (Phi) is 6.50. The van der Waals surface area contributed by atoms with Crippen LogP contribution < -0.4 is 10.6 Å². The molecule has 0 bridgehead atoms. The Bertz CT molecular complexity index is 704. The van der Waals surface area contributed by atoms with Crippen LogP contribution in [0.1, 0.15) is 31.1 Å². The molecule has 3 N–H and O–H groups in total. The van der Waals surface area contributed by atoms with Crippen LogP contribution in [0.4, 0.5) is 17.5 Å². The lowest BCUT2D eigenvalue weighted by atomic mass is 10.1. The summed E-state index contributed by atoms with van der Waals surface area (Å²) in [5.74, 6) is 1.44. The largest absolute Gasteiger partial charge is 0.394 e. The number of halogens is 1. The van der Waals surface area contributed by atoms with Gasteiger partial charge in [0.1, 0.15) is 5.82 Å². The van der Waals surface area contributed by atoms with E-state index in [4.69, 9.17) is 0 Å². The summed E-state index contributed by atoms with van der Waals surface area (Å²) in [6.07, 6.45) is 1.72. The fourth-order valence-electron chi connectivity index (χ4n) is 2.04. The van der Waals surface area contributed by atoms with Crippen molar-refractivity contribution in [2.24, 2.45) is 5.92 Å². The molecule has 128 valence electrons. The number of carbonyl (C=O) groups is 1. The maximum atomic E-state index is 11.3. The second-order valence-corrected chi connectivity index (χ2v) is 6.99. The molecule has 1 atom stereocenters. The summed E-state index contributed by atoms with van der Waals surface area (Å²) in [6, 6.07) is 7.08. The van der Waals surface area contributed by atoms with E-state index in [9.17, 15) is 9.90 Å². The maximum absolute atomic E-state index is 11.3. The first-order valence-corrected chi connectivity index (χ1v) is 8.76. The minimum absolute atomic E-state index is 0.0299. The highest BCUT2D eigenvalue weighted by molar-refractivity contribution is 14.1. The number of anilines is 3. The molecular formula is C17H21IN4O2. The topological polar surface area (TPSA) is 87.1 Å². The minimum atomic E-state index is -0.0730.